The summed E-state index contributed by atoms with van der Waals surface area (Å²) in [6, 6.07) is 3.50. The zero-order valence-electron chi connectivity index (χ0n) is 10.6. The van der Waals surface area contributed by atoms with Crippen molar-refractivity contribution < 1.29 is 14.3 Å². The third kappa shape index (κ3) is 2.56. The number of fused-ring (bicyclic) bond motifs is 1. The molecule has 0 saturated carbocycles. The van der Waals surface area contributed by atoms with Crippen LogP contribution < -0.4 is 15.4 Å². The van der Waals surface area contributed by atoms with E-state index in [2.05, 4.69) is 38.7 Å². The number of benzene rings is 1. The Kier molecular flexibility index (Phi) is 3.48. The van der Waals surface area contributed by atoms with Crippen LogP contribution in [-0.4, -0.2) is 24.5 Å². The first kappa shape index (κ1) is 13.2. The molecule has 0 atom stereocenters. The minimum atomic E-state index is -0.196. The average Bonchev–Trinajstić information content (AvgIpc) is 2.90. The maximum Gasteiger partial charge on any atom is 0.262 e. The summed E-state index contributed by atoms with van der Waals surface area (Å²) in [7, 11) is 0. The maximum absolute atomic E-state index is 12.3. The van der Waals surface area contributed by atoms with E-state index in [9.17, 15) is 9.59 Å². The van der Waals surface area contributed by atoms with Gasteiger partial charge in [-0.1, -0.05) is 12.2 Å². The van der Waals surface area contributed by atoms with Crippen molar-refractivity contribution in [2.45, 2.75) is 18.9 Å². The number of anilines is 1. The Labute approximate surface area is 124 Å². The molecule has 6 heteroatoms. The van der Waals surface area contributed by atoms with Crippen LogP contribution in [0.3, 0.4) is 0 Å². The lowest BCUT2D eigenvalue weighted by molar-refractivity contribution is -0.118. The highest BCUT2D eigenvalue weighted by Crippen LogP contribution is 2.33. The molecule has 1 aromatic rings. The van der Waals surface area contributed by atoms with Crippen molar-refractivity contribution in [3.63, 3.8) is 0 Å². The minimum absolute atomic E-state index is 0.0256. The van der Waals surface area contributed by atoms with Gasteiger partial charge in [-0.2, -0.15) is 0 Å². The molecule has 0 saturated heterocycles. The average molecular weight is 337 g/mol. The van der Waals surface area contributed by atoms with E-state index >= 15 is 0 Å². The van der Waals surface area contributed by atoms with Crippen LogP contribution in [0.4, 0.5) is 5.69 Å². The molecule has 1 aliphatic carbocycles. The van der Waals surface area contributed by atoms with Crippen molar-refractivity contribution in [3.05, 3.63) is 34.3 Å². The molecule has 3 rings (SSSR count). The molecule has 0 unspecified atom stereocenters. The normalized spacial score (nSPS) is 17.4. The van der Waals surface area contributed by atoms with Gasteiger partial charge in [0.2, 0.25) is 0 Å². The van der Waals surface area contributed by atoms with Crippen molar-refractivity contribution in [3.8, 4) is 5.75 Å². The van der Waals surface area contributed by atoms with Crippen LogP contribution in [0.25, 0.3) is 0 Å². The van der Waals surface area contributed by atoms with Crippen LogP contribution in [0.15, 0.2) is 28.8 Å². The number of nitrogens with one attached hydrogen (secondary N) is 2. The molecule has 0 aromatic heterocycles. The fraction of sp³-hybridized carbons (Fsp3) is 0.286. The summed E-state index contributed by atoms with van der Waals surface area (Å²) < 4.78 is 5.96. The number of hydrogen-bond acceptors (Lipinski definition) is 3. The Balaban J connectivity index is 1.82. The van der Waals surface area contributed by atoms with E-state index in [1.807, 2.05) is 0 Å². The molecule has 1 aromatic carbocycles. The first-order chi connectivity index (χ1) is 9.63. The number of ether oxygens (including phenoxy) is 1. The molecule has 1 aliphatic heterocycles. The lowest BCUT2D eigenvalue weighted by Crippen LogP contribution is -2.33. The molecule has 1 heterocycles. The number of hydrogen-bond donors (Lipinski definition) is 2. The topological polar surface area (TPSA) is 67.4 Å². The second-order valence-electron chi connectivity index (χ2n) is 4.78. The molecule has 20 heavy (non-hydrogen) atoms. The van der Waals surface area contributed by atoms with E-state index in [4.69, 9.17) is 4.74 Å². The molecule has 2 aliphatic rings. The van der Waals surface area contributed by atoms with Gasteiger partial charge in [-0.05, 0) is 40.9 Å². The Bertz CT molecular complexity index is 605. The Morgan fingerprint density at radius 1 is 1.35 bits per heavy atom. The van der Waals surface area contributed by atoms with Gasteiger partial charge < -0.3 is 15.4 Å². The molecular weight excluding hydrogens is 324 g/mol. The highest BCUT2D eigenvalue weighted by Gasteiger charge is 2.22. The van der Waals surface area contributed by atoms with Crippen LogP contribution in [0.5, 0.6) is 5.75 Å². The van der Waals surface area contributed by atoms with Crippen LogP contribution in [-0.2, 0) is 4.79 Å². The predicted molar refractivity (Wildman–Crippen MR) is 77.9 cm³/mol. The Morgan fingerprint density at radius 3 is 2.85 bits per heavy atom. The van der Waals surface area contributed by atoms with Gasteiger partial charge in [0.15, 0.2) is 6.61 Å². The maximum atomic E-state index is 12.3. The van der Waals surface area contributed by atoms with E-state index in [1.54, 1.807) is 12.1 Å². The molecule has 0 spiro atoms. The van der Waals surface area contributed by atoms with Crippen LogP contribution in [0.1, 0.15) is 23.2 Å². The Morgan fingerprint density at radius 2 is 2.10 bits per heavy atom. The van der Waals surface area contributed by atoms with Crippen molar-refractivity contribution in [1.82, 2.24) is 5.32 Å². The summed E-state index contributed by atoms with van der Waals surface area (Å²) in [5.74, 6) is 0.176. The minimum Gasteiger partial charge on any atom is -0.482 e. The molecule has 104 valence electrons. The second kappa shape index (κ2) is 5.28. The van der Waals surface area contributed by atoms with Crippen molar-refractivity contribution in [2.75, 3.05) is 11.9 Å². The predicted octanol–water partition coefficient (Wildman–Crippen LogP) is 2.23. The summed E-state index contributed by atoms with van der Waals surface area (Å²) >= 11 is 3.36. The largest absolute Gasteiger partial charge is 0.482 e. The fourth-order valence-corrected chi connectivity index (χ4v) is 2.80. The van der Waals surface area contributed by atoms with Gasteiger partial charge in [0.05, 0.1) is 11.3 Å². The summed E-state index contributed by atoms with van der Waals surface area (Å²) in [6.45, 7) is -0.0256. The molecule has 5 nitrogen and oxygen atoms in total. The van der Waals surface area contributed by atoms with Crippen molar-refractivity contribution in [1.29, 1.82) is 0 Å². The van der Waals surface area contributed by atoms with E-state index in [0.29, 0.717) is 21.5 Å². The van der Waals surface area contributed by atoms with Crippen molar-refractivity contribution >= 4 is 33.4 Å². The number of amides is 2. The van der Waals surface area contributed by atoms with Crippen LogP contribution in [0, 0.1) is 0 Å². The molecular formula is C14H13BrN2O3. The number of carbonyl (C=O) groups excluding carboxylic acids is 2. The number of carbonyl (C=O) groups is 2. The van der Waals surface area contributed by atoms with Gasteiger partial charge in [0.25, 0.3) is 11.8 Å². The van der Waals surface area contributed by atoms with Gasteiger partial charge in [-0.3, -0.25) is 9.59 Å². The zero-order valence-corrected chi connectivity index (χ0v) is 12.2. The summed E-state index contributed by atoms with van der Waals surface area (Å²) in [5.41, 5.74) is 1.08. The molecule has 0 bridgehead atoms. The lowest BCUT2D eigenvalue weighted by Gasteiger charge is -2.20. The third-order valence-electron chi connectivity index (χ3n) is 3.29. The highest BCUT2D eigenvalue weighted by molar-refractivity contribution is 9.10. The first-order valence-electron chi connectivity index (χ1n) is 6.35. The van der Waals surface area contributed by atoms with E-state index < -0.39 is 0 Å². The first-order valence-corrected chi connectivity index (χ1v) is 7.15. The third-order valence-corrected chi connectivity index (χ3v) is 3.95. The van der Waals surface area contributed by atoms with Gasteiger partial charge in [-0.15, -0.1) is 0 Å². The monoisotopic (exact) mass is 336 g/mol. The Hall–Kier alpha value is -1.82. The van der Waals surface area contributed by atoms with E-state index in [0.717, 1.165) is 12.8 Å². The highest BCUT2D eigenvalue weighted by atomic mass is 79.9. The second-order valence-corrected chi connectivity index (χ2v) is 5.63. The van der Waals surface area contributed by atoms with Crippen LogP contribution in [0.2, 0.25) is 0 Å². The number of halogens is 1. The van der Waals surface area contributed by atoms with Crippen molar-refractivity contribution in [2.24, 2.45) is 0 Å². The zero-order chi connectivity index (χ0) is 14.1. The molecule has 0 fully saturated rings. The van der Waals surface area contributed by atoms with Gasteiger partial charge in [0, 0.05) is 10.5 Å². The summed E-state index contributed by atoms with van der Waals surface area (Å²) in [4.78, 5) is 23.5. The summed E-state index contributed by atoms with van der Waals surface area (Å²) in [6.07, 6.45) is 5.85. The molecule has 2 N–H and O–H groups in total. The lowest BCUT2D eigenvalue weighted by atomic mass is 10.1. The fourth-order valence-electron chi connectivity index (χ4n) is 2.27. The molecule has 2 amide bonds. The van der Waals surface area contributed by atoms with E-state index in [1.165, 1.54) is 0 Å². The quantitative estimate of drug-likeness (QED) is 0.814. The van der Waals surface area contributed by atoms with Gasteiger partial charge in [0.1, 0.15) is 5.75 Å². The van der Waals surface area contributed by atoms with E-state index in [-0.39, 0.29) is 24.5 Å². The summed E-state index contributed by atoms with van der Waals surface area (Å²) in [5, 5.41) is 5.68. The smallest absolute Gasteiger partial charge is 0.262 e. The van der Waals surface area contributed by atoms with Gasteiger partial charge in [-0.25, -0.2) is 0 Å². The standard InChI is InChI=1S/C14H13BrN2O3/c15-10-6-11-12(20-7-13(18)17-11)5-9(10)14(19)16-8-3-1-2-4-8/h1-2,5-6,8H,3-4,7H2,(H,16,19)(H,17,18). The number of rotatable bonds is 2. The van der Waals surface area contributed by atoms with Gasteiger partial charge >= 0.3 is 0 Å². The SMILES string of the molecule is O=C1COc2cc(C(=O)NC3CC=CC3)c(Br)cc2N1. The molecule has 0 radical (unpaired) electrons. The van der Waals surface area contributed by atoms with Crippen LogP contribution >= 0.6 is 15.9 Å².